The van der Waals surface area contributed by atoms with Crippen molar-refractivity contribution in [2.45, 2.75) is 59.2 Å². The molecule has 1 saturated carbocycles. The van der Waals surface area contributed by atoms with E-state index in [0.717, 1.165) is 17.5 Å². The molecule has 0 saturated heterocycles. The lowest BCUT2D eigenvalue weighted by Gasteiger charge is -2.17. The number of nitriles is 1. The Hall–Kier alpha value is -2.61. The first-order valence-corrected chi connectivity index (χ1v) is 9.68. The van der Waals surface area contributed by atoms with Gasteiger partial charge in [-0.15, -0.1) is 0 Å². The van der Waals surface area contributed by atoms with Gasteiger partial charge in [-0.2, -0.15) is 5.26 Å². The van der Waals surface area contributed by atoms with Crippen molar-refractivity contribution >= 4 is 11.9 Å². The summed E-state index contributed by atoms with van der Waals surface area (Å²) in [7, 11) is 0. The Morgan fingerprint density at radius 2 is 2.00 bits per heavy atom. The summed E-state index contributed by atoms with van der Waals surface area (Å²) in [5.74, 6) is -0.992. The standard InChI is InChI=1S/C23H27NO4/c1-22(2,3)28-19(25)12-10-17-20(23(17,4)5)21(26)27-18-11-9-15-14(13-24)7-6-8-16(15)18/h6-8,10,12,17-18,20H,9,11H2,1-5H3/t17-,18?,20-/m1/s1. The highest BCUT2D eigenvalue weighted by Crippen LogP contribution is 2.60. The quantitative estimate of drug-likeness (QED) is 0.575. The van der Waals surface area contributed by atoms with Gasteiger partial charge in [-0.3, -0.25) is 4.79 Å². The normalized spacial score (nSPS) is 25.1. The minimum absolute atomic E-state index is 0.0566. The molecule has 1 aromatic carbocycles. The first-order valence-electron chi connectivity index (χ1n) is 9.68. The number of benzene rings is 1. The summed E-state index contributed by atoms with van der Waals surface area (Å²) in [4.78, 5) is 24.7. The second-order valence-corrected chi connectivity index (χ2v) is 9.17. The molecule has 148 valence electrons. The zero-order valence-corrected chi connectivity index (χ0v) is 17.1. The van der Waals surface area contributed by atoms with Gasteiger partial charge in [0.05, 0.1) is 17.6 Å². The molecule has 0 bridgehead atoms. The predicted molar refractivity (Wildman–Crippen MR) is 104 cm³/mol. The molecule has 2 aliphatic carbocycles. The van der Waals surface area contributed by atoms with E-state index in [1.54, 1.807) is 12.1 Å². The van der Waals surface area contributed by atoms with E-state index >= 15 is 0 Å². The number of rotatable bonds is 4. The van der Waals surface area contributed by atoms with E-state index in [-0.39, 0.29) is 29.3 Å². The molecule has 0 aromatic heterocycles. The van der Waals surface area contributed by atoms with Crippen molar-refractivity contribution < 1.29 is 19.1 Å². The second-order valence-electron chi connectivity index (χ2n) is 9.17. The Bertz CT molecular complexity index is 870. The minimum atomic E-state index is -0.545. The van der Waals surface area contributed by atoms with Gasteiger partial charge in [-0.1, -0.05) is 32.1 Å². The molecule has 3 atom stereocenters. The van der Waals surface area contributed by atoms with E-state index in [4.69, 9.17) is 9.47 Å². The average Bonchev–Trinajstić information content (AvgIpc) is 2.92. The zero-order valence-electron chi connectivity index (χ0n) is 17.1. The maximum atomic E-state index is 12.8. The largest absolute Gasteiger partial charge is 0.457 e. The fraction of sp³-hybridized carbons (Fsp3) is 0.522. The summed E-state index contributed by atoms with van der Waals surface area (Å²) >= 11 is 0. The van der Waals surface area contributed by atoms with Crippen LogP contribution in [0.25, 0.3) is 0 Å². The van der Waals surface area contributed by atoms with Gasteiger partial charge < -0.3 is 9.47 Å². The topological polar surface area (TPSA) is 76.4 Å². The number of esters is 2. The minimum Gasteiger partial charge on any atom is -0.457 e. The third-order valence-electron chi connectivity index (χ3n) is 5.61. The summed E-state index contributed by atoms with van der Waals surface area (Å²) in [5, 5.41) is 9.24. The highest BCUT2D eigenvalue weighted by Gasteiger charge is 2.61. The summed E-state index contributed by atoms with van der Waals surface area (Å²) < 4.78 is 11.1. The lowest BCUT2D eigenvalue weighted by molar-refractivity contribution is -0.152. The van der Waals surface area contributed by atoms with Crippen molar-refractivity contribution in [2.24, 2.45) is 17.3 Å². The Morgan fingerprint density at radius 3 is 2.64 bits per heavy atom. The smallest absolute Gasteiger partial charge is 0.330 e. The number of hydrogen-bond acceptors (Lipinski definition) is 5. The van der Waals surface area contributed by atoms with Crippen LogP contribution in [-0.2, 0) is 25.5 Å². The van der Waals surface area contributed by atoms with Crippen LogP contribution in [0.2, 0.25) is 0 Å². The Balaban J connectivity index is 1.65. The number of carbonyl (C=O) groups is 2. The van der Waals surface area contributed by atoms with Gasteiger partial charge in [-0.05, 0) is 62.1 Å². The first kappa shape index (κ1) is 20.1. The molecule has 5 nitrogen and oxygen atoms in total. The van der Waals surface area contributed by atoms with Crippen LogP contribution in [0.1, 0.15) is 63.8 Å². The van der Waals surface area contributed by atoms with Crippen LogP contribution in [0.15, 0.2) is 30.4 Å². The van der Waals surface area contributed by atoms with Gasteiger partial charge in [0.25, 0.3) is 0 Å². The van der Waals surface area contributed by atoms with E-state index in [2.05, 4.69) is 6.07 Å². The van der Waals surface area contributed by atoms with Crippen LogP contribution in [0, 0.1) is 28.6 Å². The summed E-state index contributed by atoms with van der Waals surface area (Å²) in [6, 6.07) is 7.76. The summed E-state index contributed by atoms with van der Waals surface area (Å²) in [6.07, 6.45) is 4.31. The molecule has 0 N–H and O–H groups in total. The monoisotopic (exact) mass is 381 g/mol. The molecule has 0 amide bonds. The third kappa shape index (κ3) is 3.96. The van der Waals surface area contributed by atoms with Crippen LogP contribution in [0.3, 0.4) is 0 Å². The van der Waals surface area contributed by atoms with Crippen molar-refractivity contribution in [3.63, 3.8) is 0 Å². The van der Waals surface area contributed by atoms with Gasteiger partial charge >= 0.3 is 11.9 Å². The van der Waals surface area contributed by atoms with Crippen LogP contribution >= 0.6 is 0 Å². The van der Waals surface area contributed by atoms with Gasteiger partial charge in [0.1, 0.15) is 11.7 Å². The summed E-state index contributed by atoms with van der Waals surface area (Å²) in [5.41, 5.74) is 1.77. The van der Waals surface area contributed by atoms with Gasteiger partial charge in [0.2, 0.25) is 0 Å². The van der Waals surface area contributed by atoms with Gasteiger partial charge in [0.15, 0.2) is 0 Å². The molecule has 3 rings (SSSR count). The van der Waals surface area contributed by atoms with Crippen molar-refractivity contribution in [2.75, 3.05) is 0 Å². The molecule has 0 radical (unpaired) electrons. The average molecular weight is 381 g/mol. The SMILES string of the molecule is CC(C)(C)OC(=O)C=C[C@@H]1[C@H](C(=O)OC2CCc3c(C#N)cccc32)C1(C)C. The highest BCUT2D eigenvalue weighted by atomic mass is 16.6. The molecule has 0 aliphatic heterocycles. The van der Waals surface area contributed by atoms with Crippen LogP contribution in [-0.4, -0.2) is 17.5 Å². The van der Waals surface area contributed by atoms with E-state index in [1.807, 2.05) is 46.8 Å². The van der Waals surface area contributed by atoms with Crippen molar-refractivity contribution in [3.05, 3.63) is 47.0 Å². The van der Waals surface area contributed by atoms with Crippen molar-refractivity contribution in [1.29, 1.82) is 5.26 Å². The molecule has 0 spiro atoms. The molecule has 1 fully saturated rings. The van der Waals surface area contributed by atoms with Crippen molar-refractivity contribution in [1.82, 2.24) is 0 Å². The number of carbonyl (C=O) groups excluding carboxylic acids is 2. The molecular formula is C23H27NO4. The second kappa shape index (κ2) is 7.09. The number of hydrogen-bond donors (Lipinski definition) is 0. The predicted octanol–water partition coefficient (Wildman–Crippen LogP) is 4.26. The van der Waals surface area contributed by atoms with Crippen LogP contribution in [0.5, 0.6) is 0 Å². The maximum Gasteiger partial charge on any atom is 0.330 e. The van der Waals surface area contributed by atoms with Gasteiger partial charge in [0, 0.05) is 6.08 Å². The lowest BCUT2D eigenvalue weighted by atomic mass is 10.0. The molecule has 2 aliphatic rings. The first-order chi connectivity index (χ1) is 13.0. The molecule has 28 heavy (non-hydrogen) atoms. The molecule has 5 heteroatoms. The Labute approximate surface area is 166 Å². The molecule has 1 aromatic rings. The number of allylic oxidation sites excluding steroid dienone is 1. The van der Waals surface area contributed by atoms with E-state index in [0.29, 0.717) is 12.0 Å². The third-order valence-corrected chi connectivity index (χ3v) is 5.61. The number of ether oxygens (including phenoxy) is 2. The van der Waals surface area contributed by atoms with Crippen LogP contribution in [0.4, 0.5) is 0 Å². The fourth-order valence-corrected chi connectivity index (χ4v) is 4.06. The summed E-state index contributed by atoms with van der Waals surface area (Å²) in [6.45, 7) is 9.45. The van der Waals surface area contributed by atoms with Crippen LogP contribution < -0.4 is 0 Å². The number of fused-ring (bicyclic) bond motifs is 1. The molecule has 1 unspecified atom stereocenters. The van der Waals surface area contributed by atoms with E-state index in [1.165, 1.54) is 6.08 Å². The van der Waals surface area contributed by atoms with Crippen molar-refractivity contribution in [3.8, 4) is 6.07 Å². The zero-order chi connectivity index (χ0) is 20.7. The molecule has 0 heterocycles. The van der Waals surface area contributed by atoms with E-state index < -0.39 is 11.6 Å². The number of nitrogens with zero attached hydrogens (tertiary/aromatic N) is 1. The van der Waals surface area contributed by atoms with Gasteiger partial charge in [-0.25, -0.2) is 4.79 Å². The lowest BCUT2D eigenvalue weighted by Crippen LogP contribution is -2.22. The fourth-order valence-electron chi connectivity index (χ4n) is 4.06. The Morgan fingerprint density at radius 1 is 1.29 bits per heavy atom. The van der Waals surface area contributed by atoms with E-state index in [9.17, 15) is 14.9 Å². The Kier molecular flexibility index (Phi) is 5.10. The highest BCUT2D eigenvalue weighted by molar-refractivity contribution is 5.83. The maximum absolute atomic E-state index is 12.8. The molecular weight excluding hydrogens is 354 g/mol.